The number of nitriles is 1. The molecule has 5 heteroatoms. The minimum atomic E-state index is -0.714. The standard InChI is InChI=1S/C14H22N2O3/c1-10(9-15)7-12(14(18)19-2)16-13(17)8-11-5-3-4-6-11/h10-12H,3-8H2,1-2H3,(H,16,17)/t10-,12-/m1/s1. The van der Waals surface area contributed by atoms with Gasteiger partial charge in [0.2, 0.25) is 5.91 Å². The number of rotatable bonds is 6. The van der Waals surface area contributed by atoms with E-state index in [9.17, 15) is 9.59 Å². The molecule has 1 amide bonds. The van der Waals surface area contributed by atoms with Crippen LogP contribution >= 0.6 is 0 Å². The summed E-state index contributed by atoms with van der Waals surface area (Å²) < 4.78 is 4.67. The van der Waals surface area contributed by atoms with Crippen molar-refractivity contribution >= 4 is 11.9 Å². The normalized spacial score (nSPS) is 18.4. The first kappa shape index (κ1) is 15.5. The predicted molar refractivity (Wildman–Crippen MR) is 69.9 cm³/mol. The fourth-order valence-corrected chi connectivity index (χ4v) is 2.49. The van der Waals surface area contributed by atoms with Gasteiger partial charge in [-0.15, -0.1) is 0 Å². The molecule has 1 rings (SSSR count). The zero-order valence-electron chi connectivity index (χ0n) is 11.6. The van der Waals surface area contributed by atoms with Crippen LogP contribution in [0.3, 0.4) is 0 Å². The highest BCUT2D eigenvalue weighted by Gasteiger charge is 2.25. The molecule has 1 aliphatic carbocycles. The van der Waals surface area contributed by atoms with Gasteiger partial charge < -0.3 is 10.1 Å². The minimum Gasteiger partial charge on any atom is -0.467 e. The van der Waals surface area contributed by atoms with Crippen molar-refractivity contribution in [1.82, 2.24) is 5.32 Å². The Labute approximate surface area is 114 Å². The largest absolute Gasteiger partial charge is 0.467 e. The number of amides is 1. The van der Waals surface area contributed by atoms with Crippen LogP contribution in [-0.2, 0) is 14.3 Å². The summed E-state index contributed by atoms with van der Waals surface area (Å²) in [5.41, 5.74) is 0. The summed E-state index contributed by atoms with van der Waals surface area (Å²) in [7, 11) is 1.29. The Morgan fingerprint density at radius 1 is 1.42 bits per heavy atom. The highest BCUT2D eigenvalue weighted by molar-refractivity contribution is 5.84. The molecular weight excluding hydrogens is 244 g/mol. The van der Waals surface area contributed by atoms with Crippen molar-refractivity contribution in [3.05, 3.63) is 0 Å². The zero-order chi connectivity index (χ0) is 14.3. The summed E-state index contributed by atoms with van der Waals surface area (Å²) in [5, 5.41) is 11.5. The van der Waals surface area contributed by atoms with Gasteiger partial charge in [-0.2, -0.15) is 5.26 Å². The maximum Gasteiger partial charge on any atom is 0.328 e. The summed E-state index contributed by atoms with van der Waals surface area (Å²) in [4.78, 5) is 23.5. The highest BCUT2D eigenvalue weighted by Crippen LogP contribution is 2.27. The first-order valence-corrected chi connectivity index (χ1v) is 6.83. The summed E-state index contributed by atoms with van der Waals surface area (Å²) in [6.45, 7) is 1.72. The first-order valence-electron chi connectivity index (χ1n) is 6.83. The lowest BCUT2D eigenvalue weighted by Gasteiger charge is -2.18. The molecule has 0 heterocycles. The maximum atomic E-state index is 11.9. The molecule has 0 aromatic carbocycles. The van der Waals surface area contributed by atoms with Crippen molar-refractivity contribution in [2.75, 3.05) is 7.11 Å². The van der Waals surface area contributed by atoms with E-state index in [1.54, 1.807) is 6.92 Å². The second kappa shape index (κ2) is 7.78. The van der Waals surface area contributed by atoms with Gasteiger partial charge in [-0.1, -0.05) is 12.8 Å². The van der Waals surface area contributed by atoms with Crippen LogP contribution in [0.15, 0.2) is 0 Å². The molecule has 0 spiro atoms. The Bertz CT molecular complexity index is 356. The molecule has 106 valence electrons. The van der Waals surface area contributed by atoms with E-state index in [4.69, 9.17) is 5.26 Å². The fraction of sp³-hybridized carbons (Fsp3) is 0.786. The van der Waals surface area contributed by atoms with Crippen molar-refractivity contribution in [3.8, 4) is 6.07 Å². The number of carbonyl (C=O) groups is 2. The van der Waals surface area contributed by atoms with Gasteiger partial charge in [0.1, 0.15) is 6.04 Å². The lowest BCUT2D eigenvalue weighted by molar-refractivity contribution is -0.145. The molecule has 1 N–H and O–H groups in total. The van der Waals surface area contributed by atoms with Gasteiger partial charge in [0, 0.05) is 12.3 Å². The predicted octanol–water partition coefficient (Wildman–Crippen LogP) is 1.77. The molecule has 0 aliphatic heterocycles. The van der Waals surface area contributed by atoms with Crippen LogP contribution in [-0.4, -0.2) is 25.0 Å². The molecular formula is C14H22N2O3. The van der Waals surface area contributed by atoms with Crippen molar-refractivity contribution in [3.63, 3.8) is 0 Å². The Balaban J connectivity index is 2.48. The van der Waals surface area contributed by atoms with E-state index in [1.807, 2.05) is 0 Å². The quantitative estimate of drug-likeness (QED) is 0.743. The molecule has 1 fully saturated rings. The van der Waals surface area contributed by atoms with E-state index < -0.39 is 12.0 Å². The SMILES string of the molecule is COC(=O)[C@@H](C[C@@H](C)C#N)NC(=O)CC1CCCC1. The summed E-state index contributed by atoms with van der Waals surface area (Å²) in [6, 6.07) is 1.35. The van der Waals surface area contributed by atoms with E-state index in [2.05, 4.69) is 16.1 Å². The lowest BCUT2D eigenvalue weighted by Crippen LogP contribution is -2.42. The second-order valence-corrected chi connectivity index (χ2v) is 5.26. The van der Waals surface area contributed by atoms with Crippen LogP contribution in [0.25, 0.3) is 0 Å². The number of nitrogens with one attached hydrogen (secondary N) is 1. The van der Waals surface area contributed by atoms with Crippen LogP contribution in [0, 0.1) is 23.2 Å². The van der Waals surface area contributed by atoms with E-state index in [0.717, 1.165) is 12.8 Å². The Morgan fingerprint density at radius 2 is 2.05 bits per heavy atom. The number of ether oxygens (including phenoxy) is 1. The van der Waals surface area contributed by atoms with Crippen LogP contribution in [0.5, 0.6) is 0 Å². The third-order valence-corrected chi connectivity index (χ3v) is 3.58. The van der Waals surface area contributed by atoms with Crippen molar-refractivity contribution in [2.24, 2.45) is 11.8 Å². The van der Waals surface area contributed by atoms with Crippen LogP contribution in [0.4, 0.5) is 0 Å². The van der Waals surface area contributed by atoms with E-state index in [1.165, 1.54) is 20.0 Å². The third-order valence-electron chi connectivity index (χ3n) is 3.58. The minimum absolute atomic E-state index is 0.118. The number of hydrogen-bond donors (Lipinski definition) is 1. The number of nitrogens with zero attached hydrogens (tertiary/aromatic N) is 1. The molecule has 0 saturated heterocycles. The van der Waals surface area contributed by atoms with Gasteiger partial charge in [0.05, 0.1) is 13.2 Å². The van der Waals surface area contributed by atoms with Crippen molar-refractivity contribution < 1.29 is 14.3 Å². The average Bonchev–Trinajstić information content (AvgIpc) is 2.89. The van der Waals surface area contributed by atoms with E-state index >= 15 is 0 Å². The molecule has 1 aliphatic rings. The number of esters is 1. The number of carbonyl (C=O) groups excluding carboxylic acids is 2. The molecule has 0 aromatic rings. The van der Waals surface area contributed by atoms with Crippen LogP contribution < -0.4 is 5.32 Å². The van der Waals surface area contributed by atoms with Crippen molar-refractivity contribution in [1.29, 1.82) is 5.26 Å². The molecule has 2 atom stereocenters. The third kappa shape index (κ3) is 5.29. The Kier molecular flexibility index (Phi) is 6.34. The van der Waals surface area contributed by atoms with Gasteiger partial charge in [-0.25, -0.2) is 4.79 Å². The smallest absolute Gasteiger partial charge is 0.328 e. The molecule has 1 saturated carbocycles. The topological polar surface area (TPSA) is 79.2 Å². The molecule has 0 bridgehead atoms. The molecule has 0 aromatic heterocycles. The molecule has 0 radical (unpaired) electrons. The van der Waals surface area contributed by atoms with Crippen molar-refractivity contribution in [2.45, 2.75) is 51.5 Å². The molecule has 0 unspecified atom stereocenters. The molecule has 5 nitrogen and oxygen atoms in total. The van der Waals surface area contributed by atoms with Gasteiger partial charge in [-0.05, 0) is 32.1 Å². The Morgan fingerprint density at radius 3 is 2.58 bits per heavy atom. The maximum absolute atomic E-state index is 11.9. The van der Waals surface area contributed by atoms with Gasteiger partial charge in [-0.3, -0.25) is 4.79 Å². The van der Waals surface area contributed by atoms with Gasteiger partial charge >= 0.3 is 5.97 Å². The zero-order valence-corrected chi connectivity index (χ0v) is 11.6. The van der Waals surface area contributed by atoms with Gasteiger partial charge in [0.15, 0.2) is 0 Å². The monoisotopic (exact) mass is 266 g/mol. The van der Waals surface area contributed by atoms with E-state index in [-0.39, 0.29) is 11.8 Å². The summed E-state index contributed by atoms with van der Waals surface area (Å²) in [5.74, 6) is -0.461. The van der Waals surface area contributed by atoms with Crippen LogP contribution in [0.2, 0.25) is 0 Å². The average molecular weight is 266 g/mol. The van der Waals surface area contributed by atoms with Gasteiger partial charge in [0.25, 0.3) is 0 Å². The number of methoxy groups -OCH3 is 1. The highest BCUT2D eigenvalue weighted by atomic mass is 16.5. The fourth-order valence-electron chi connectivity index (χ4n) is 2.49. The summed E-state index contributed by atoms with van der Waals surface area (Å²) in [6.07, 6.45) is 5.30. The summed E-state index contributed by atoms with van der Waals surface area (Å²) >= 11 is 0. The second-order valence-electron chi connectivity index (χ2n) is 5.26. The first-order chi connectivity index (χ1) is 9.06. The molecule has 19 heavy (non-hydrogen) atoms. The Hall–Kier alpha value is -1.57. The van der Waals surface area contributed by atoms with E-state index in [0.29, 0.717) is 18.8 Å². The van der Waals surface area contributed by atoms with Crippen LogP contribution in [0.1, 0.15) is 45.4 Å². The number of hydrogen-bond acceptors (Lipinski definition) is 4. The lowest BCUT2D eigenvalue weighted by atomic mass is 10.0.